The zero-order valence-electron chi connectivity index (χ0n) is 10.9. The van der Waals surface area contributed by atoms with E-state index >= 15 is 0 Å². The van der Waals surface area contributed by atoms with Crippen LogP contribution in [0.5, 0.6) is 0 Å². The third-order valence-electron chi connectivity index (χ3n) is 3.27. The van der Waals surface area contributed by atoms with Crippen molar-refractivity contribution in [3.8, 4) is 0 Å². The summed E-state index contributed by atoms with van der Waals surface area (Å²) in [6.45, 7) is 4.45. The van der Waals surface area contributed by atoms with Gasteiger partial charge in [0, 0.05) is 25.4 Å². The fourth-order valence-corrected chi connectivity index (χ4v) is 2.42. The lowest BCUT2D eigenvalue weighted by Crippen LogP contribution is -2.29. The van der Waals surface area contributed by atoms with E-state index in [1.54, 1.807) is 0 Å². The Balaban J connectivity index is 2.78. The Morgan fingerprint density at radius 3 is 2.82 bits per heavy atom. The van der Waals surface area contributed by atoms with Gasteiger partial charge in [-0.1, -0.05) is 45.0 Å². The molecule has 0 radical (unpaired) electrons. The van der Waals surface area contributed by atoms with E-state index in [-0.39, 0.29) is 0 Å². The molecule has 0 saturated carbocycles. The van der Waals surface area contributed by atoms with Gasteiger partial charge in [-0.15, -0.1) is 0 Å². The molecule has 0 aliphatic heterocycles. The van der Waals surface area contributed by atoms with E-state index in [0.29, 0.717) is 11.8 Å². The predicted molar refractivity (Wildman–Crippen MR) is 77.3 cm³/mol. The van der Waals surface area contributed by atoms with Gasteiger partial charge in [-0.3, -0.25) is 4.98 Å². The molecule has 1 aromatic heterocycles. The number of nitrogens with zero attached hydrogens (tertiary/aromatic N) is 1. The molecule has 17 heavy (non-hydrogen) atoms. The maximum Gasteiger partial charge on any atom is 0.0788 e. The molecule has 0 aromatic carbocycles. The highest BCUT2D eigenvalue weighted by Gasteiger charge is 2.22. The van der Waals surface area contributed by atoms with E-state index < -0.39 is 0 Å². The smallest absolute Gasteiger partial charge is 0.0788 e. The Labute approximate surface area is 110 Å². The van der Waals surface area contributed by atoms with Gasteiger partial charge in [0.1, 0.15) is 0 Å². The molecule has 0 aliphatic carbocycles. The number of rotatable bonds is 6. The molecule has 1 aromatic rings. The summed E-state index contributed by atoms with van der Waals surface area (Å²) in [5.74, 6) is 0.842. The minimum Gasteiger partial charge on any atom is -0.382 e. The lowest BCUT2D eigenvalue weighted by atomic mass is 9.84. The van der Waals surface area contributed by atoms with Crippen molar-refractivity contribution in [2.45, 2.75) is 39.0 Å². The fraction of sp³-hybridized carbons (Fsp3) is 0.571. The van der Waals surface area contributed by atoms with Gasteiger partial charge in [0.25, 0.3) is 0 Å². The number of hydrogen-bond acceptors (Lipinski definition) is 2. The van der Waals surface area contributed by atoms with E-state index in [9.17, 15) is 0 Å². The van der Waals surface area contributed by atoms with Gasteiger partial charge in [-0.05, 0) is 24.0 Å². The standard InChI is InChI=1S/C14H22N2S/c1-4-5-8-13(14(17)15-3)11(2)12-7-6-9-16-10-12/h6-7,9-11,13H,4-5,8H2,1-3H3,(H,15,17). The molecule has 3 heteroatoms. The second-order valence-electron chi connectivity index (χ2n) is 4.44. The van der Waals surface area contributed by atoms with Crippen molar-refractivity contribution >= 4 is 17.2 Å². The monoisotopic (exact) mass is 250 g/mol. The lowest BCUT2D eigenvalue weighted by Gasteiger charge is -2.24. The lowest BCUT2D eigenvalue weighted by molar-refractivity contribution is 0.504. The number of thiocarbonyl (C=S) groups is 1. The largest absolute Gasteiger partial charge is 0.382 e. The summed E-state index contributed by atoms with van der Waals surface area (Å²) in [6, 6.07) is 4.13. The van der Waals surface area contributed by atoms with Crippen LogP contribution in [0, 0.1) is 5.92 Å². The number of aromatic nitrogens is 1. The molecular formula is C14H22N2S. The van der Waals surface area contributed by atoms with Crippen molar-refractivity contribution in [2.24, 2.45) is 5.92 Å². The van der Waals surface area contributed by atoms with Crippen LogP contribution in [0.25, 0.3) is 0 Å². The summed E-state index contributed by atoms with van der Waals surface area (Å²) < 4.78 is 0. The second-order valence-corrected chi connectivity index (χ2v) is 4.88. The summed E-state index contributed by atoms with van der Waals surface area (Å²) in [6.07, 6.45) is 7.33. The van der Waals surface area contributed by atoms with Crippen LogP contribution < -0.4 is 5.32 Å². The molecule has 2 atom stereocenters. The van der Waals surface area contributed by atoms with E-state index in [4.69, 9.17) is 12.2 Å². The molecule has 0 bridgehead atoms. The third kappa shape index (κ3) is 4.08. The highest BCUT2D eigenvalue weighted by Crippen LogP contribution is 2.28. The second kappa shape index (κ2) is 7.38. The van der Waals surface area contributed by atoms with Gasteiger partial charge < -0.3 is 5.32 Å². The highest BCUT2D eigenvalue weighted by molar-refractivity contribution is 7.80. The number of pyridine rings is 1. The predicted octanol–water partition coefficient (Wildman–Crippen LogP) is 3.54. The molecular weight excluding hydrogens is 228 g/mol. The molecule has 2 nitrogen and oxygen atoms in total. The van der Waals surface area contributed by atoms with Gasteiger partial charge in [-0.2, -0.15) is 0 Å². The first-order chi connectivity index (χ1) is 8.20. The molecule has 0 spiro atoms. The van der Waals surface area contributed by atoms with E-state index in [2.05, 4.69) is 30.2 Å². The highest BCUT2D eigenvalue weighted by atomic mass is 32.1. The molecule has 0 aliphatic rings. The zero-order valence-corrected chi connectivity index (χ0v) is 11.8. The van der Waals surface area contributed by atoms with Gasteiger partial charge >= 0.3 is 0 Å². The van der Waals surface area contributed by atoms with Crippen molar-refractivity contribution in [3.63, 3.8) is 0 Å². The van der Waals surface area contributed by atoms with Crippen molar-refractivity contribution in [1.29, 1.82) is 0 Å². The molecule has 0 fully saturated rings. The van der Waals surface area contributed by atoms with Crippen LogP contribution in [0.15, 0.2) is 24.5 Å². The summed E-state index contributed by atoms with van der Waals surface area (Å²) in [4.78, 5) is 5.16. The molecule has 0 saturated heterocycles. The average Bonchev–Trinajstić information content (AvgIpc) is 2.39. The number of hydrogen-bond donors (Lipinski definition) is 1. The maximum atomic E-state index is 5.43. The van der Waals surface area contributed by atoms with Gasteiger partial charge in [0.05, 0.1) is 4.99 Å². The van der Waals surface area contributed by atoms with Crippen LogP contribution in [-0.4, -0.2) is 17.0 Å². The van der Waals surface area contributed by atoms with Gasteiger partial charge in [0.2, 0.25) is 0 Å². The van der Waals surface area contributed by atoms with Crippen molar-refractivity contribution < 1.29 is 0 Å². The molecule has 94 valence electrons. The van der Waals surface area contributed by atoms with Crippen molar-refractivity contribution in [3.05, 3.63) is 30.1 Å². The Hall–Kier alpha value is -0.960. The van der Waals surface area contributed by atoms with Crippen LogP contribution in [0.2, 0.25) is 0 Å². The molecule has 1 N–H and O–H groups in total. The van der Waals surface area contributed by atoms with Crippen LogP contribution >= 0.6 is 12.2 Å². The Bertz CT molecular complexity index is 337. The first kappa shape index (κ1) is 14.1. The first-order valence-corrected chi connectivity index (χ1v) is 6.73. The Morgan fingerprint density at radius 2 is 2.29 bits per heavy atom. The summed E-state index contributed by atoms with van der Waals surface area (Å²) in [5.41, 5.74) is 1.27. The van der Waals surface area contributed by atoms with E-state index in [1.165, 1.54) is 18.4 Å². The maximum absolute atomic E-state index is 5.43. The van der Waals surface area contributed by atoms with Crippen molar-refractivity contribution in [1.82, 2.24) is 10.3 Å². The van der Waals surface area contributed by atoms with Crippen LogP contribution in [-0.2, 0) is 0 Å². The summed E-state index contributed by atoms with van der Waals surface area (Å²) in [5, 5.41) is 3.14. The summed E-state index contributed by atoms with van der Waals surface area (Å²) >= 11 is 5.43. The van der Waals surface area contributed by atoms with Crippen LogP contribution in [0.3, 0.4) is 0 Å². The Kier molecular flexibility index (Phi) is 6.12. The number of unbranched alkanes of at least 4 members (excludes halogenated alkanes) is 1. The number of nitrogens with one attached hydrogen (secondary N) is 1. The van der Waals surface area contributed by atoms with Gasteiger partial charge in [-0.25, -0.2) is 0 Å². The van der Waals surface area contributed by atoms with Crippen molar-refractivity contribution in [2.75, 3.05) is 7.05 Å². The quantitative estimate of drug-likeness (QED) is 0.782. The van der Waals surface area contributed by atoms with Crippen LogP contribution in [0.4, 0.5) is 0 Å². The molecule has 2 unspecified atom stereocenters. The zero-order chi connectivity index (χ0) is 12.7. The van der Waals surface area contributed by atoms with E-state index in [1.807, 2.05) is 25.5 Å². The fourth-order valence-electron chi connectivity index (χ4n) is 2.10. The normalized spacial score (nSPS) is 14.1. The minimum atomic E-state index is 0.416. The van der Waals surface area contributed by atoms with Crippen LogP contribution in [0.1, 0.15) is 44.6 Å². The SMILES string of the molecule is CCCCC(C(=S)NC)C(C)c1cccnc1. The average molecular weight is 250 g/mol. The van der Waals surface area contributed by atoms with Gasteiger partial charge in [0.15, 0.2) is 0 Å². The summed E-state index contributed by atoms with van der Waals surface area (Å²) in [7, 11) is 1.91. The molecule has 1 heterocycles. The minimum absolute atomic E-state index is 0.416. The first-order valence-electron chi connectivity index (χ1n) is 6.32. The third-order valence-corrected chi connectivity index (χ3v) is 3.77. The Morgan fingerprint density at radius 1 is 1.53 bits per heavy atom. The topological polar surface area (TPSA) is 24.9 Å². The molecule has 0 amide bonds. The van der Waals surface area contributed by atoms with E-state index in [0.717, 1.165) is 11.4 Å². The molecule has 1 rings (SSSR count).